The van der Waals surface area contributed by atoms with Crippen LogP contribution in [0.3, 0.4) is 0 Å². The summed E-state index contributed by atoms with van der Waals surface area (Å²) >= 11 is 0. The van der Waals surface area contributed by atoms with Crippen molar-refractivity contribution in [3.8, 4) is 5.75 Å². The monoisotopic (exact) mass is 207 g/mol. The van der Waals surface area contributed by atoms with Gasteiger partial charge in [0.2, 0.25) is 0 Å². The molecule has 1 aromatic rings. The van der Waals surface area contributed by atoms with Gasteiger partial charge in [-0.15, -0.1) is 0 Å². The van der Waals surface area contributed by atoms with Gasteiger partial charge in [-0.2, -0.15) is 0 Å². The van der Waals surface area contributed by atoms with Gasteiger partial charge >= 0.3 is 5.97 Å². The number of hydrogen-bond donors (Lipinski definition) is 3. The first-order valence-electron chi connectivity index (χ1n) is 4.87. The first-order chi connectivity index (χ1) is 7.08. The summed E-state index contributed by atoms with van der Waals surface area (Å²) in [5, 5.41) is 18.1. The van der Waals surface area contributed by atoms with Crippen LogP contribution in [-0.2, 0) is 11.2 Å². The van der Waals surface area contributed by atoms with Crippen molar-refractivity contribution in [3.05, 3.63) is 29.3 Å². The molecule has 4 heteroatoms. The fourth-order valence-corrected chi connectivity index (χ4v) is 2.21. The van der Waals surface area contributed by atoms with Crippen molar-refractivity contribution in [2.75, 3.05) is 0 Å². The van der Waals surface area contributed by atoms with Crippen LogP contribution < -0.4 is 5.73 Å². The van der Waals surface area contributed by atoms with Gasteiger partial charge < -0.3 is 15.9 Å². The van der Waals surface area contributed by atoms with E-state index in [1.54, 1.807) is 18.2 Å². The molecule has 0 fully saturated rings. The summed E-state index contributed by atoms with van der Waals surface area (Å²) in [7, 11) is 0. The molecule has 1 aromatic carbocycles. The van der Waals surface area contributed by atoms with E-state index >= 15 is 0 Å². The molecule has 0 aromatic heterocycles. The number of benzene rings is 1. The molecule has 0 heterocycles. The van der Waals surface area contributed by atoms with Gasteiger partial charge in [-0.25, -0.2) is 0 Å². The van der Waals surface area contributed by atoms with Crippen LogP contribution in [0.4, 0.5) is 0 Å². The van der Waals surface area contributed by atoms with Gasteiger partial charge in [-0.05, 0) is 29.7 Å². The van der Waals surface area contributed by atoms with E-state index in [4.69, 9.17) is 10.8 Å². The Labute approximate surface area is 87.3 Å². The lowest BCUT2D eigenvalue weighted by Crippen LogP contribution is -2.26. The van der Waals surface area contributed by atoms with Gasteiger partial charge in [0.15, 0.2) is 0 Å². The molecular weight excluding hydrogens is 194 g/mol. The number of aliphatic carboxylic acids is 1. The number of carbonyl (C=O) groups is 1. The first-order valence-corrected chi connectivity index (χ1v) is 4.87. The lowest BCUT2D eigenvalue weighted by Gasteiger charge is -2.13. The number of nitrogens with two attached hydrogens (primary N) is 1. The summed E-state index contributed by atoms with van der Waals surface area (Å²) in [5.41, 5.74) is 7.81. The van der Waals surface area contributed by atoms with Crippen LogP contribution >= 0.6 is 0 Å². The van der Waals surface area contributed by atoms with Crippen molar-refractivity contribution in [3.63, 3.8) is 0 Å². The number of rotatable bonds is 2. The van der Waals surface area contributed by atoms with Gasteiger partial charge in [-0.3, -0.25) is 4.79 Å². The smallest absolute Gasteiger partial charge is 0.304 e. The van der Waals surface area contributed by atoms with Gasteiger partial charge in [0.05, 0.1) is 6.42 Å². The maximum absolute atomic E-state index is 10.7. The van der Waals surface area contributed by atoms with E-state index in [-0.39, 0.29) is 24.1 Å². The van der Waals surface area contributed by atoms with E-state index in [1.165, 1.54) is 0 Å². The molecule has 0 bridgehead atoms. The molecule has 0 aliphatic heterocycles. The van der Waals surface area contributed by atoms with Crippen molar-refractivity contribution >= 4 is 5.97 Å². The summed E-state index contributed by atoms with van der Waals surface area (Å²) in [6.07, 6.45) is 0.695. The minimum Gasteiger partial charge on any atom is -0.508 e. The van der Waals surface area contributed by atoms with Crippen LogP contribution in [0.25, 0.3) is 0 Å². The summed E-state index contributed by atoms with van der Waals surface area (Å²) in [5.74, 6) is -0.758. The van der Waals surface area contributed by atoms with Crippen molar-refractivity contribution in [1.82, 2.24) is 0 Å². The third kappa shape index (κ3) is 1.80. The van der Waals surface area contributed by atoms with Gasteiger partial charge in [0, 0.05) is 12.0 Å². The summed E-state index contributed by atoms with van der Waals surface area (Å²) in [4.78, 5) is 10.7. The van der Waals surface area contributed by atoms with Crippen LogP contribution in [0.2, 0.25) is 0 Å². The van der Waals surface area contributed by atoms with E-state index in [2.05, 4.69) is 0 Å². The first kappa shape index (κ1) is 9.98. The Hall–Kier alpha value is -1.55. The normalized spacial score (nSPS) is 23.8. The third-order valence-electron chi connectivity index (χ3n) is 2.89. The molecule has 0 radical (unpaired) electrons. The zero-order valence-electron chi connectivity index (χ0n) is 8.18. The fourth-order valence-electron chi connectivity index (χ4n) is 2.21. The molecule has 0 spiro atoms. The van der Waals surface area contributed by atoms with E-state index in [0.717, 1.165) is 11.1 Å². The lowest BCUT2D eigenvalue weighted by atomic mass is 9.95. The minimum atomic E-state index is -0.837. The van der Waals surface area contributed by atoms with Crippen LogP contribution in [0.15, 0.2) is 18.2 Å². The summed E-state index contributed by atoms with van der Waals surface area (Å²) < 4.78 is 0. The number of fused-ring (bicyclic) bond motifs is 1. The SMILES string of the molecule is NC1Cc2cc(O)ccc2C1CC(=O)O. The largest absolute Gasteiger partial charge is 0.508 e. The molecule has 80 valence electrons. The average molecular weight is 207 g/mol. The maximum atomic E-state index is 10.7. The number of aromatic hydroxyl groups is 1. The van der Waals surface area contributed by atoms with Crippen molar-refractivity contribution in [1.29, 1.82) is 0 Å². The molecule has 4 N–H and O–H groups in total. The number of carboxylic acid groups (broad SMARTS) is 1. The topological polar surface area (TPSA) is 83.5 Å². The highest BCUT2D eigenvalue weighted by Crippen LogP contribution is 2.36. The number of carboxylic acids is 1. The van der Waals surface area contributed by atoms with Crippen molar-refractivity contribution < 1.29 is 15.0 Å². The third-order valence-corrected chi connectivity index (χ3v) is 2.89. The second-order valence-corrected chi connectivity index (χ2v) is 3.96. The second kappa shape index (κ2) is 3.55. The Bertz CT molecular complexity index is 403. The molecule has 0 saturated carbocycles. The van der Waals surface area contributed by atoms with Crippen LogP contribution in [0.5, 0.6) is 5.75 Å². The van der Waals surface area contributed by atoms with Gasteiger partial charge in [-0.1, -0.05) is 6.07 Å². The summed E-state index contributed by atoms with van der Waals surface area (Å²) in [6, 6.07) is 4.85. The standard InChI is InChI=1S/C11H13NO3/c12-10-4-6-3-7(13)1-2-8(6)9(10)5-11(14)15/h1-3,9-10,13H,4-5,12H2,(H,14,15). The van der Waals surface area contributed by atoms with Crippen LogP contribution in [0.1, 0.15) is 23.5 Å². The van der Waals surface area contributed by atoms with E-state index in [0.29, 0.717) is 6.42 Å². The Morgan fingerprint density at radius 3 is 2.93 bits per heavy atom. The quantitative estimate of drug-likeness (QED) is 0.670. The zero-order chi connectivity index (χ0) is 11.0. The van der Waals surface area contributed by atoms with Gasteiger partial charge in [0.25, 0.3) is 0 Å². The highest BCUT2D eigenvalue weighted by atomic mass is 16.4. The number of phenolic OH excluding ortho intramolecular Hbond substituents is 1. The van der Waals surface area contributed by atoms with E-state index in [9.17, 15) is 9.90 Å². The van der Waals surface area contributed by atoms with Gasteiger partial charge in [0.1, 0.15) is 5.75 Å². The van der Waals surface area contributed by atoms with E-state index in [1.807, 2.05) is 0 Å². The predicted molar refractivity (Wildman–Crippen MR) is 54.8 cm³/mol. The predicted octanol–water partition coefficient (Wildman–Crippen LogP) is 0.834. The Morgan fingerprint density at radius 1 is 1.53 bits per heavy atom. The lowest BCUT2D eigenvalue weighted by molar-refractivity contribution is -0.137. The molecular formula is C11H13NO3. The molecule has 15 heavy (non-hydrogen) atoms. The molecule has 1 aliphatic carbocycles. The molecule has 0 amide bonds. The molecule has 2 unspecified atom stereocenters. The molecule has 0 saturated heterocycles. The molecule has 1 aliphatic rings. The number of hydrogen-bond acceptors (Lipinski definition) is 3. The highest BCUT2D eigenvalue weighted by molar-refractivity contribution is 5.69. The summed E-state index contributed by atoms with van der Waals surface area (Å²) in [6.45, 7) is 0. The van der Waals surface area contributed by atoms with Crippen LogP contribution in [-0.4, -0.2) is 22.2 Å². The maximum Gasteiger partial charge on any atom is 0.304 e. The van der Waals surface area contributed by atoms with Crippen molar-refractivity contribution in [2.24, 2.45) is 5.73 Å². The van der Waals surface area contributed by atoms with E-state index < -0.39 is 5.97 Å². The average Bonchev–Trinajstić information content (AvgIpc) is 2.41. The van der Waals surface area contributed by atoms with Crippen molar-refractivity contribution in [2.45, 2.75) is 24.8 Å². The molecule has 4 nitrogen and oxygen atoms in total. The highest BCUT2D eigenvalue weighted by Gasteiger charge is 2.31. The fraction of sp³-hybridized carbons (Fsp3) is 0.364. The second-order valence-electron chi connectivity index (χ2n) is 3.96. The molecule has 2 rings (SSSR count). The Kier molecular flexibility index (Phi) is 2.36. The minimum absolute atomic E-state index is 0.0545. The van der Waals surface area contributed by atoms with Crippen LogP contribution in [0, 0.1) is 0 Å². The number of phenols is 1. The molecule has 2 atom stereocenters. The Morgan fingerprint density at radius 2 is 2.27 bits per heavy atom. The zero-order valence-corrected chi connectivity index (χ0v) is 8.18. The Balaban J connectivity index is 2.33.